The third-order valence-corrected chi connectivity index (χ3v) is 4.37. The Bertz CT molecular complexity index is 634. The van der Waals surface area contributed by atoms with Crippen molar-refractivity contribution in [3.8, 4) is 6.07 Å². The molecule has 2 heterocycles. The number of benzene rings is 1. The van der Waals surface area contributed by atoms with Crippen LogP contribution in [0.2, 0.25) is 0 Å². The molecule has 20 heavy (non-hydrogen) atoms. The topological polar surface area (TPSA) is 56.5 Å². The van der Waals surface area contributed by atoms with E-state index < -0.39 is 0 Å². The number of nitrogens with zero attached hydrogens (tertiary/aromatic N) is 3. The number of nitriles is 1. The smallest absolute Gasteiger partial charge is 0.286 e. The van der Waals surface area contributed by atoms with Gasteiger partial charge in [-0.3, -0.25) is 4.79 Å². The van der Waals surface area contributed by atoms with Crippen LogP contribution in [0.15, 0.2) is 34.2 Å². The molecule has 1 amide bonds. The molecule has 1 aromatic rings. The summed E-state index contributed by atoms with van der Waals surface area (Å²) in [6.45, 7) is 1.98. The molecule has 0 unspecified atom stereocenters. The molecule has 2 aliphatic rings. The van der Waals surface area contributed by atoms with Crippen LogP contribution >= 0.6 is 11.8 Å². The first kappa shape index (κ1) is 12.9. The highest BCUT2D eigenvalue weighted by Gasteiger charge is 2.27. The Balaban J connectivity index is 1.76. The van der Waals surface area contributed by atoms with Gasteiger partial charge in [-0.15, -0.1) is 0 Å². The molecule has 1 saturated heterocycles. The van der Waals surface area contributed by atoms with Crippen LogP contribution in [0.1, 0.15) is 24.0 Å². The summed E-state index contributed by atoms with van der Waals surface area (Å²) in [5.74, 6) is -0.166. The molecule has 3 rings (SSSR count). The first-order valence-corrected chi connectivity index (χ1v) is 7.35. The van der Waals surface area contributed by atoms with Gasteiger partial charge in [0.05, 0.1) is 16.5 Å². The summed E-state index contributed by atoms with van der Waals surface area (Å²) in [7, 11) is 0. The predicted molar refractivity (Wildman–Crippen MR) is 80.0 cm³/mol. The van der Waals surface area contributed by atoms with Crippen molar-refractivity contribution in [2.75, 3.05) is 13.1 Å². The average molecular weight is 283 g/mol. The second kappa shape index (κ2) is 5.51. The van der Waals surface area contributed by atoms with Gasteiger partial charge in [0.25, 0.3) is 5.91 Å². The SMILES string of the molecule is N#Cc1ccc(/C=C2\SC(N3CCCC3)=NC2=O)cc1. The van der Waals surface area contributed by atoms with Crippen LogP contribution in [0.3, 0.4) is 0 Å². The molecule has 1 fully saturated rings. The summed E-state index contributed by atoms with van der Waals surface area (Å²) >= 11 is 1.44. The van der Waals surface area contributed by atoms with Crippen LogP contribution in [-0.2, 0) is 4.79 Å². The van der Waals surface area contributed by atoms with Crippen LogP contribution < -0.4 is 0 Å². The summed E-state index contributed by atoms with van der Waals surface area (Å²) in [5, 5.41) is 9.59. The van der Waals surface area contributed by atoms with Crippen LogP contribution in [0.5, 0.6) is 0 Å². The van der Waals surface area contributed by atoms with E-state index in [2.05, 4.69) is 16.0 Å². The van der Waals surface area contributed by atoms with Gasteiger partial charge in [0.1, 0.15) is 0 Å². The molecule has 0 radical (unpaired) electrons. The highest BCUT2D eigenvalue weighted by Crippen LogP contribution is 2.31. The summed E-state index contributed by atoms with van der Waals surface area (Å²) in [6.07, 6.45) is 4.17. The minimum Gasteiger partial charge on any atom is -0.351 e. The first-order chi connectivity index (χ1) is 9.76. The van der Waals surface area contributed by atoms with E-state index in [4.69, 9.17) is 5.26 Å². The van der Waals surface area contributed by atoms with E-state index in [0.29, 0.717) is 10.5 Å². The molecule has 4 nitrogen and oxygen atoms in total. The summed E-state index contributed by atoms with van der Waals surface area (Å²) in [4.78, 5) is 18.9. The van der Waals surface area contributed by atoms with Crippen LogP contribution in [0.25, 0.3) is 6.08 Å². The number of hydrogen-bond acceptors (Lipinski definition) is 4. The van der Waals surface area contributed by atoms with E-state index in [-0.39, 0.29) is 5.91 Å². The number of carbonyl (C=O) groups is 1. The number of aliphatic imine (C=N–C) groups is 1. The molecule has 0 saturated carbocycles. The number of thioether (sulfide) groups is 1. The van der Waals surface area contributed by atoms with E-state index in [0.717, 1.165) is 23.8 Å². The third kappa shape index (κ3) is 2.61. The molecule has 5 heteroatoms. The van der Waals surface area contributed by atoms with Crippen molar-refractivity contribution < 1.29 is 4.79 Å². The third-order valence-electron chi connectivity index (χ3n) is 3.32. The van der Waals surface area contributed by atoms with Crippen molar-refractivity contribution in [3.05, 3.63) is 40.3 Å². The minimum absolute atomic E-state index is 0.166. The van der Waals surface area contributed by atoms with Gasteiger partial charge in [0.2, 0.25) is 0 Å². The largest absolute Gasteiger partial charge is 0.351 e. The minimum atomic E-state index is -0.166. The molecular weight excluding hydrogens is 270 g/mol. The van der Waals surface area contributed by atoms with Gasteiger partial charge >= 0.3 is 0 Å². The van der Waals surface area contributed by atoms with E-state index >= 15 is 0 Å². The standard InChI is InChI=1S/C15H13N3OS/c16-10-12-5-3-11(4-6-12)9-13-14(19)17-15(20-13)18-7-1-2-8-18/h3-6,9H,1-2,7-8H2/b13-9-. The van der Waals surface area contributed by atoms with Crippen molar-refractivity contribution >= 4 is 28.9 Å². The maximum atomic E-state index is 11.9. The van der Waals surface area contributed by atoms with E-state index in [1.54, 1.807) is 12.1 Å². The van der Waals surface area contributed by atoms with Crippen molar-refractivity contribution in [3.63, 3.8) is 0 Å². The van der Waals surface area contributed by atoms with Crippen LogP contribution in [-0.4, -0.2) is 29.1 Å². The fourth-order valence-electron chi connectivity index (χ4n) is 2.25. The average Bonchev–Trinajstić information content (AvgIpc) is 3.10. The van der Waals surface area contributed by atoms with E-state index in [1.165, 1.54) is 24.6 Å². The predicted octanol–water partition coefficient (Wildman–Crippen LogP) is 2.62. The number of rotatable bonds is 1. The quantitative estimate of drug-likeness (QED) is 0.743. The fraction of sp³-hybridized carbons (Fsp3) is 0.267. The summed E-state index contributed by atoms with van der Waals surface area (Å²) in [5.41, 5.74) is 1.53. The van der Waals surface area contributed by atoms with Gasteiger partial charge in [-0.1, -0.05) is 12.1 Å². The Morgan fingerprint density at radius 3 is 2.60 bits per heavy atom. The van der Waals surface area contributed by atoms with Crippen molar-refractivity contribution in [2.24, 2.45) is 4.99 Å². The molecule has 100 valence electrons. The number of likely N-dealkylation sites (tertiary alicyclic amines) is 1. The van der Waals surface area contributed by atoms with Gasteiger partial charge in [-0.2, -0.15) is 10.3 Å². The zero-order chi connectivity index (χ0) is 13.9. The Labute approximate surface area is 121 Å². The highest BCUT2D eigenvalue weighted by atomic mass is 32.2. The summed E-state index contributed by atoms with van der Waals surface area (Å²) < 4.78 is 0. The Hall–Kier alpha value is -2.06. The van der Waals surface area contributed by atoms with E-state index in [9.17, 15) is 4.79 Å². The Morgan fingerprint density at radius 2 is 1.95 bits per heavy atom. The van der Waals surface area contributed by atoms with Gasteiger partial charge in [0.15, 0.2) is 5.17 Å². The Morgan fingerprint density at radius 1 is 1.25 bits per heavy atom. The lowest BCUT2D eigenvalue weighted by Gasteiger charge is -2.14. The lowest BCUT2D eigenvalue weighted by Crippen LogP contribution is -2.23. The zero-order valence-corrected chi connectivity index (χ0v) is 11.7. The molecule has 0 aliphatic carbocycles. The fourth-order valence-corrected chi connectivity index (χ4v) is 3.21. The second-order valence-corrected chi connectivity index (χ2v) is 5.75. The maximum absolute atomic E-state index is 11.9. The highest BCUT2D eigenvalue weighted by molar-refractivity contribution is 8.18. The van der Waals surface area contributed by atoms with E-state index in [1.807, 2.05) is 18.2 Å². The van der Waals surface area contributed by atoms with Gasteiger partial charge in [0, 0.05) is 13.1 Å². The van der Waals surface area contributed by atoms with Crippen molar-refractivity contribution in [1.82, 2.24) is 4.90 Å². The normalized spacial score (nSPS) is 20.4. The number of hydrogen-bond donors (Lipinski definition) is 0. The summed E-state index contributed by atoms with van der Waals surface area (Å²) in [6, 6.07) is 9.26. The molecular formula is C15H13N3OS. The molecule has 0 spiro atoms. The van der Waals surface area contributed by atoms with Gasteiger partial charge in [-0.05, 0) is 48.4 Å². The van der Waals surface area contributed by atoms with Gasteiger partial charge in [-0.25, -0.2) is 0 Å². The zero-order valence-electron chi connectivity index (χ0n) is 10.9. The molecule has 2 aliphatic heterocycles. The number of amides is 1. The van der Waals surface area contributed by atoms with Gasteiger partial charge < -0.3 is 4.90 Å². The van der Waals surface area contributed by atoms with Crippen molar-refractivity contribution in [1.29, 1.82) is 5.26 Å². The monoisotopic (exact) mass is 283 g/mol. The van der Waals surface area contributed by atoms with Crippen molar-refractivity contribution in [2.45, 2.75) is 12.8 Å². The first-order valence-electron chi connectivity index (χ1n) is 6.54. The second-order valence-electron chi connectivity index (χ2n) is 4.74. The number of amidine groups is 1. The molecule has 0 N–H and O–H groups in total. The molecule has 0 atom stereocenters. The number of carbonyl (C=O) groups excluding carboxylic acids is 1. The molecule has 1 aromatic carbocycles. The van der Waals surface area contributed by atoms with Crippen LogP contribution in [0, 0.1) is 11.3 Å². The maximum Gasteiger partial charge on any atom is 0.286 e. The molecule has 0 bridgehead atoms. The van der Waals surface area contributed by atoms with Crippen LogP contribution in [0.4, 0.5) is 0 Å². The molecule has 0 aromatic heterocycles. The Kier molecular flexibility index (Phi) is 3.57. The lowest BCUT2D eigenvalue weighted by molar-refractivity contribution is -0.113. The lowest BCUT2D eigenvalue weighted by atomic mass is 10.1.